The summed E-state index contributed by atoms with van der Waals surface area (Å²) in [5.41, 5.74) is 0. The van der Waals surface area contributed by atoms with Crippen LogP contribution in [0.3, 0.4) is 0 Å². The van der Waals surface area contributed by atoms with Gasteiger partial charge in [0, 0.05) is 0 Å². The minimum atomic E-state index is 1.13. The lowest BCUT2D eigenvalue weighted by atomic mass is 10.1. The van der Waals surface area contributed by atoms with Gasteiger partial charge in [0.05, 0.1) is 0 Å². The number of allylic oxidation sites excluding steroid dienone is 1. The fourth-order valence-corrected chi connectivity index (χ4v) is 0.418. The molecule has 0 aromatic heterocycles. The van der Waals surface area contributed by atoms with Gasteiger partial charge in [-0.3, -0.25) is 0 Å². The summed E-state index contributed by atoms with van der Waals surface area (Å²) in [5.74, 6) is 1.61. The molecule has 38 valence electrons. The summed E-state index contributed by atoms with van der Waals surface area (Å²) in [6, 6.07) is 0. The van der Waals surface area contributed by atoms with Crippen molar-refractivity contribution in [3.63, 3.8) is 0 Å². The predicted octanol–water partition coefficient (Wildman–Crippen LogP) is 1.86. The minimum Gasteiger partial charge on any atom is -0.135 e. The van der Waals surface area contributed by atoms with Gasteiger partial charge >= 0.3 is 0 Å². The Balaban J connectivity index is 2.69. The summed E-state index contributed by atoms with van der Waals surface area (Å²) in [6.07, 6.45) is 5.63. The maximum Gasteiger partial charge on any atom is 0.102 e. The van der Waals surface area contributed by atoms with Crippen LogP contribution in [0.25, 0.3) is 0 Å². The molecule has 0 rings (SSSR count). The zero-order chi connectivity index (χ0) is 5.54. The number of rotatable bonds is 3. The second-order valence-corrected chi connectivity index (χ2v) is 1.57. The van der Waals surface area contributed by atoms with E-state index in [-0.39, 0.29) is 0 Å². The lowest BCUT2D eigenvalue weighted by Gasteiger charge is -1.83. The Labute approximate surface area is 47.0 Å². The largest absolute Gasteiger partial charge is 0.135 e. The third kappa shape index (κ3) is 5.80. The third-order valence-corrected chi connectivity index (χ3v) is 0.860. The van der Waals surface area contributed by atoms with Gasteiger partial charge in [0.25, 0.3) is 0 Å². The average molecular weight is 94.0 g/mol. The van der Waals surface area contributed by atoms with Crippen LogP contribution >= 0.6 is 0 Å². The molecule has 0 aromatic carbocycles. The van der Waals surface area contributed by atoms with Crippen molar-refractivity contribution in [2.75, 3.05) is 0 Å². The SMILES string of the molecule is [B]C=CCCCC. The van der Waals surface area contributed by atoms with Crippen molar-refractivity contribution in [1.29, 1.82) is 0 Å². The highest BCUT2D eigenvalue weighted by molar-refractivity contribution is 6.16. The highest BCUT2D eigenvalue weighted by Gasteiger charge is 1.72. The smallest absolute Gasteiger partial charge is 0.102 e. The second kappa shape index (κ2) is 5.80. The van der Waals surface area contributed by atoms with E-state index >= 15 is 0 Å². The van der Waals surface area contributed by atoms with E-state index in [0.717, 1.165) is 6.42 Å². The van der Waals surface area contributed by atoms with E-state index in [2.05, 4.69) is 6.92 Å². The summed E-state index contributed by atoms with van der Waals surface area (Å²) in [7, 11) is 5.09. The highest BCUT2D eigenvalue weighted by Crippen LogP contribution is 1.92. The van der Waals surface area contributed by atoms with Crippen molar-refractivity contribution in [2.24, 2.45) is 0 Å². The summed E-state index contributed by atoms with van der Waals surface area (Å²) in [6.45, 7) is 2.17. The first-order chi connectivity index (χ1) is 3.41. The summed E-state index contributed by atoms with van der Waals surface area (Å²) >= 11 is 0. The van der Waals surface area contributed by atoms with Crippen LogP contribution in [-0.2, 0) is 0 Å². The fourth-order valence-electron chi connectivity index (χ4n) is 0.418. The van der Waals surface area contributed by atoms with Gasteiger partial charge in [-0.2, -0.15) is 0 Å². The first-order valence-corrected chi connectivity index (χ1v) is 2.78. The number of hydrogen-bond donors (Lipinski definition) is 0. The molecule has 0 amide bonds. The van der Waals surface area contributed by atoms with Crippen molar-refractivity contribution in [2.45, 2.75) is 26.2 Å². The maximum atomic E-state index is 5.09. The van der Waals surface area contributed by atoms with Gasteiger partial charge in [-0.15, -0.1) is 5.98 Å². The predicted molar refractivity (Wildman–Crippen MR) is 34.4 cm³/mol. The molecular weight excluding hydrogens is 82.9 g/mol. The molecule has 2 radical (unpaired) electrons. The topological polar surface area (TPSA) is 0 Å². The van der Waals surface area contributed by atoms with Crippen molar-refractivity contribution in [3.8, 4) is 0 Å². The van der Waals surface area contributed by atoms with E-state index in [4.69, 9.17) is 7.85 Å². The molecule has 0 spiro atoms. The Morgan fingerprint density at radius 1 is 1.57 bits per heavy atom. The Kier molecular flexibility index (Phi) is 5.64. The highest BCUT2D eigenvalue weighted by atomic mass is 13.8. The molecule has 0 aliphatic carbocycles. The number of unbranched alkanes of at least 4 members (excludes halogenated alkanes) is 2. The van der Waals surface area contributed by atoms with E-state index in [1.165, 1.54) is 12.8 Å². The molecule has 0 fully saturated rings. The summed E-state index contributed by atoms with van der Waals surface area (Å²) < 4.78 is 0. The first kappa shape index (κ1) is 6.80. The molecule has 0 unspecified atom stereocenters. The van der Waals surface area contributed by atoms with E-state index in [1.807, 2.05) is 6.08 Å². The lowest BCUT2D eigenvalue weighted by molar-refractivity contribution is 0.815. The molecule has 1 heteroatoms. The standard InChI is InChI=1S/C6H11B/c1-2-3-4-5-6-7/h5-6H,2-4H2,1H3. The molecule has 0 aromatic rings. The van der Waals surface area contributed by atoms with Crippen molar-refractivity contribution >= 4 is 7.85 Å². The minimum absolute atomic E-state index is 1.13. The Bertz CT molecular complexity index is 48.1. The molecule has 0 aliphatic rings. The molecular formula is C6H11B. The monoisotopic (exact) mass is 94.1 g/mol. The molecule has 0 bridgehead atoms. The van der Waals surface area contributed by atoms with Crippen LogP contribution < -0.4 is 0 Å². The third-order valence-electron chi connectivity index (χ3n) is 0.860. The quantitative estimate of drug-likeness (QED) is 0.369. The molecule has 0 aliphatic heterocycles. The van der Waals surface area contributed by atoms with Gasteiger partial charge in [0.1, 0.15) is 7.85 Å². The van der Waals surface area contributed by atoms with E-state index in [9.17, 15) is 0 Å². The van der Waals surface area contributed by atoms with Crippen molar-refractivity contribution in [3.05, 3.63) is 12.1 Å². The molecule has 7 heavy (non-hydrogen) atoms. The van der Waals surface area contributed by atoms with Crippen LogP contribution in [0.15, 0.2) is 12.1 Å². The van der Waals surface area contributed by atoms with Gasteiger partial charge < -0.3 is 0 Å². The normalized spacial score (nSPS) is 10.4. The molecule has 0 saturated carbocycles. The zero-order valence-electron chi connectivity index (χ0n) is 4.85. The Morgan fingerprint density at radius 3 is 2.71 bits per heavy atom. The van der Waals surface area contributed by atoms with Gasteiger partial charge in [-0.05, 0) is 6.42 Å². The van der Waals surface area contributed by atoms with Gasteiger partial charge in [0.2, 0.25) is 0 Å². The fraction of sp³-hybridized carbons (Fsp3) is 0.667. The van der Waals surface area contributed by atoms with Crippen LogP contribution in [0.2, 0.25) is 0 Å². The van der Waals surface area contributed by atoms with Crippen LogP contribution in [0.4, 0.5) is 0 Å². The van der Waals surface area contributed by atoms with Gasteiger partial charge in [-0.25, -0.2) is 0 Å². The van der Waals surface area contributed by atoms with E-state index < -0.39 is 0 Å². The summed E-state index contributed by atoms with van der Waals surface area (Å²) in [5, 5.41) is 0. The second-order valence-electron chi connectivity index (χ2n) is 1.57. The van der Waals surface area contributed by atoms with Crippen LogP contribution in [-0.4, -0.2) is 7.85 Å². The van der Waals surface area contributed by atoms with Gasteiger partial charge in [0.15, 0.2) is 0 Å². The molecule has 0 N–H and O–H groups in total. The van der Waals surface area contributed by atoms with Gasteiger partial charge in [-0.1, -0.05) is 25.8 Å². The maximum absolute atomic E-state index is 5.09. The Hall–Kier alpha value is -0.195. The zero-order valence-corrected chi connectivity index (χ0v) is 4.85. The van der Waals surface area contributed by atoms with Crippen LogP contribution in [0.1, 0.15) is 26.2 Å². The lowest BCUT2D eigenvalue weighted by Crippen LogP contribution is -1.64. The molecule has 0 nitrogen and oxygen atoms in total. The molecule has 0 heterocycles. The van der Waals surface area contributed by atoms with E-state index in [0.29, 0.717) is 0 Å². The average Bonchev–Trinajstić information content (AvgIpc) is 1.69. The van der Waals surface area contributed by atoms with E-state index in [1.54, 1.807) is 5.98 Å². The Morgan fingerprint density at radius 2 is 2.29 bits per heavy atom. The van der Waals surface area contributed by atoms with Crippen molar-refractivity contribution < 1.29 is 0 Å². The number of hydrogen-bond acceptors (Lipinski definition) is 0. The first-order valence-electron chi connectivity index (χ1n) is 2.78. The summed E-state index contributed by atoms with van der Waals surface area (Å²) in [4.78, 5) is 0. The van der Waals surface area contributed by atoms with Crippen LogP contribution in [0.5, 0.6) is 0 Å². The van der Waals surface area contributed by atoms with Crippen molar-refractivity contribution in [1.82, 2.24) is 0 Å². The molecule has 0 atom stereocenters. The van der Waals surface area contributed by atoms with Crippen LogP contribution in [0, 0.1) is 0 Å². The molecule has 0 saturated heterocycles.